The van der Waals surface area contributed by atoms with Crippen molar-refractivity contribution in [2.45, 2.75) is 13.3 Å². The second-order valence-corrected chi connectivity index (χ2v) is 9.81. The fraction of sp³-hybridized carbons (Fsp3) is 0.308. The molecular weight excluding hydrogens is 514 g/mol. The quantitative estimate of drug-likeness (QED) is 0.328. The van der Waals surface area contributed by atoms with E-state index in [1.165, 1.54) is 13.3 Å². The van der Waals surface area contributed by atoms with Gasteiger partial charge in [0.2, 0.25) is 0 Å². The number of imide groups is 1. The van der Waals surface area contributed by atoms with Crippen molar-refractivity contribution in [1.29, 1.82) is 0 Å². The van der Waals surface area contributed by atoms with Crippen molar-refractivity contribution in [3.63, 3.8) is 0 Å². The fourth-order valence-electron chi connectivity index (χ4n) is 5.02. The number of hydrazone groups is 1. The number of hydrogen-bond acceptors (Lipinski definition) is 6. The van der Waals surface area contributed by atoms with Crippen LogP contribution in [-0.2, 0) is 14.4 Å². The van der Waals surface area contributed by atoms with E-state index < -0.39 is 0 Å². The van der Waals surface area contributed by atoms with Gasteiger partial charge in [0.1, 0.15) is 0 Å². The van der Waals surface area contributed by atoms with Gasteiger partial charge in [0.25, 0.3) is 17.7 Å². The molecule has 5 rings (SSSR count). The van der Waals surface area contributed by atoms with Crippen LogP contribution in [0.3, 0.4) is 0 Å². The third-order valence-electron chi connectivity index (χ3n) is 6.74. The molecule has 3 amide bonds. The third kappa shape index (κ3) is 4.36. The molecule has 35 heavy (non-hydrogen) atoms. The predicted octanol–water partition coefficient (Wildman–Crippen LogP) is 3.92. The molecule has 2 aromatic carbocycles. The van der Waals surface area contributed by atoms with Gasteiger partial charge in [0.05, 0.1) is 25.2 Å². The molecule has 0 spiro atoms. The average molecular weight is 538 g/mol. The maximum absolute atomic E-state index is 12.8. The van der Waals surface area contributed by atoms with Gasteiger partial charge in [0.15, 0.2) is 18.1 Å². The van der Waals surface area contributed by atoms with Crippen LogP contribution >= 0.6 is 15.9 Å². The van der Waals surface area contributed by atoms with Crippen molar-refractivity contribution in [2.24, 2.45) is 28.8 Å². The van der Waals surface area contributed by atoms with E-state index in [1.54, 1.807) is 12.1 Å². The number of carbonyl (C=O) groups excluding carboxylic acids is 3. The van der Waals surface area contributed by atoms with E-state index >= 15 is 0 Å². The second kappa shape index (κ2) is 9.30. The molecule has 2 aromatic rings. The van der Waals surface area contributed by atoms with E-state index in [0.29, 0.717) is 27.2 Å². The summed E-state index contributed by atoms with van der Waals surface area (Å²) in [6.07, 6.45) is 6.42. The maximum atomic E-state index is 12.8. The van der Waals surface area contributed by atoms with E-state index in [9.17, 15) is 14.4 Å². The Morgan fingerprint density at radius 2 is 1.77 bits per heavy atom. The van der Waals surface area contributed by atoms with Crippen LogP contribution in [0.1, 0.15) is 17.5 Å². The molecule has 0 unspecified atom stereocenters. The van der Waals surface area contributed by atoms with Crippen molar-refractivity contribution >= 4 is 45.6 Å². The zero-order chi connectivity index (χ0) is 24.7. The smallest absolute Gasteiger partial charge is 0.262 e. The summed E-state index contributed by atoms with van der Waals surface area (Å²) in [5, 5.41) is 8.00. The molecule has 8 nitrogen and oxygen atoms in total. The monoisotopic (exact) mass is 537 g/mol. The Labute approximate surface area is 211 Å². The normalized spacial score (nSPS) is 24.4. The third-order valence-corrected chi connectivity index (χ3v) is 7.42. The number of benzene rings is 2. The first-order valence-corrected chi connectivity index (χ1v) is 12.1. The highest BCUT2D eigenvalue weighted by Gasteiger charge is 2.59. The number of carbonyl (C=O) groups is 3. The van der Waals surface area contributed by atoms with Crippen molar-refractivity contribution in [1.82, 2.24) is 5.01 Å². The van der Waals surface area contributed by atoms with Crippen LogP contribution < -0.4 is 14.8 Å². The predicted molar refractivity (Wildman–Crippen MR) is 133 cm³/mol. The van der Waals surface area contributed by atoms with Crippen LogP contribution in [0.25, 0.3) is 0 Å². The number of nitrogens with one attached hydrogen (secondary N) is 1. The maximum Gasteiger partial charge on any atom is 0.262 e. The molecular formula is C26H24BrN3O5. The molecule has 1 aliphatic heterocycles. The van der Waals surface area contributed by atoms with E-state index in [-0.39, 0.29) is 48.0 Å². The first-order chi connectivity index (χ1) is 16.9. The summed E-state index contributed by atoms with van der Waals surface area (Å²) in [6.45, 7) is 1.76. The lowest BCUT2D eigenvalue weighted by Gasteiger charge is -2.14. The number of anilines is 1. The molecule has 3 aliphatic rings. The minimum atomic E-state index is -0.308. The van der Waals surface area contributed by atoms with E-state index in [1.807, 2.05) is 43.3 Å². The standard InChI is InChI=1S/C26H24BrN3O5/c1-14-3-7-18(8-4-14)29-22(31)13-35-21-11-19(27)17(10-20(21)34-2)12-28-30-25(32)23-15-5-6-16(9-15)24(23)26(30)33/h3-8,10-12,15-16,23-24H,9,13H2,1-2H3,(H,29,31)/t15-,16-,23-,24+/m0/s1. The molecule has 180 valence electrons. The number of methoxy groups -OCH3 is 1. The largest absolute Gasteiger partial charge is 0.493 e. The Morgan fingerprint density at radius 3 is 2.40 bits per heavy atom. The first kappa shape index (κ1) is 23.3. The molecule has 9 heteroatoms. The molecule has 1 saturated heterocycles. The minimum absolute atomic E-state index is 0.133. The average Bonchev–Trinajstić information content (AvgIpc) is 3.53. The Morgan fingerprint density at radius 1 is 1.11 bits per heavy atom. The summed E-state index contributed by atoms with van der Waals surface area (Å²) in [5.74, 6) is -0.369. The van der Waals surface area contributed by atoms with Crippen LogP contribution in [0.15, 0.2) is 58.1 Å². The number of aryl methyl sites for hydroxylation is 1. The molecule has 0 radical (unpaired) electrons. The number of ether oxygens (including phenoxy) is 2. The van der Waals surface area contributed by atoms with Gasteiger partial charge in [0, 0.05) is 15.7 Å². The minimum Gasteiger partial charge on any atom is -0.493 e. The number of allylic oxidation sites excluding steroid dienone is 2. The SMILES string of the molecule is COc1cc(C=NN2C(=O)[C@@H]3[C@H](C2=O)[C@H]2C=C[C@H]3C2)c(Br)cc1OCC(=O)Nc1ccc(C)cc1. The number of amides is 3. The Hall–Kier alpha value is -3.46. The highest BCUT2D eigenvalue weighted by Crippen LogP contribution is 2.52. The van der Waals surface area contributed by atoms with Gasteiger partial charge >= 0.3 is 0 Å². The molecule has 2 aliphatic carbocycles. The van der Waals surface area contributed by atoms with Crippen LogP contribution in [-0.4, -0.2) is 42.7 Å². The molecule has 1 N–H and O–H groups in total. The summed E-state index contributed by atoms with van der Waals surface area (Å²) in [4.78, 5) is 37.9. The molecule has 4 atom stereocenters. The molecule has 2 bridgehead atoms. The number of halogens is 1. The Bertz CT molecular complexity index is 1230. The van der Waals surface area contributed by atoms with Gasteiger partial charge < -0.3 is 14.8 Å². The topological polar surface area (TPSA) is 97.3 Å². The Kier molecular flexibility index (Phi) is 6.19. The molecule has 2 fully saturated rings. The van der Waals surface area contributed by atoms with Gasteiger partial charge in [-0.2, -0.15) is 10.1 Å². The van der Waals surface area contributed by atoms with Crippen LogP contribution in [0.2, 0.25) is 0 Å². The molecule has 0 aromatic heterocycles. The van der Waals surface area contributed by atoms with Gasteiger partial charge in [-0.15, -0.1) is 0 Å². The van der Waals surface area contributed by atoms with E-state index in [4.69, 9.17) is 9.47 Å². The number of rotatable bonds is 7. The summed E-state index contributed by atoms with van der Waals surface area (Å²) in [7, 11) is 1.49. The first-order valence-electron chi connectivity index (χ1n) is 11.3. The zero-order valence-electron chi connectivity index (χ0n) is 19.2. The number of nitrogens with zero attached hydrogens (tertiary/aromatic N) is 2. The van der Waals surface area contributed by atoms with E-state index in [0.717, 1.165) is 17.0 Å². The summed E-state index contributed by atoms with van der Waals surface area (Å²) >= 11 is 3.47. The fourth-order valence-corrected chi connectivity index (χ4v) is 5.44. The molecule has 1 saturated carbocycles. The van der Waals surface area contributed by atoms with Crippen molar-refractivity contribution in [3.05, 3.63) is 64.1 Å². The highest BCUT2D eigenvalue weighted by atomic mass is 79.9. The summed E-state index contributed by atoms with van der Waals surface area (Å²) in [5.41, 5.74) is 2.38. The lowest BCUT2D eigenvalue weighted by molar-refractivity contribution is -0.140. The summed E-state index contributed by atoms with van der Waals surface area (Å²) in [6, 6.07) is 10.8. The van der Waals surface area contributed by atoms with Crippen molar-refractivity contribution < 1.29 is 23.9 Å². The number of hydrogen-bond donors (Lipinski definition) is 1. The zero-order valence-corrected chi connectivity index (χ0v) is 20.8. The van der Waals surface area contributed by atoms with Gasteiger partial charge in [-0.05, 0) is 65.4 Å². The summed E-state index contributed by atoms with van der Waals surface area (Å²) < 4.78 is 11.7. The van der Waals surface area contributed by atoms with Crippen LogP contribution in [0, 0.1) is 30.6 Å². The highest BCUT2D eigenvalue weighted by molar-refractivity contribution is 9.10. The van der Waals surface area contributed by atoms with Gasteiger partial charge in [-0.1, -0.05) is 29.8 Å². The lowest BCUT2D eigenvalue weighted by atomic mass is 9.85. The second-order valence-electron chi connectivity index (χ2n) is 8.96. The van der Waals surface area contributed by atoms with Gasteiger partial charge in [-0.25, -0.2) is 0 Å². The van der Waals surface area contributed by atoms with Gasteiger partial charge in [-0.3, -0.25) is 14.4 Å². The van der Waals surface area contributed by atoms with Crippen LogP contribution in [0.4, 0.5) is 5.69 Å². The van der Waals surface area contributed by atoms with Crippen LogP contribution in [0.5, 0.6) is 11.5 Å². The molecule has 1 heterocycles. The van der Waals surface area contributed by atoms with Crippen molar-refractivity contribution in [3.8, 4) is 11.5 Å². The van der Waals surface area contributed by atoms with Crippen molar-refractivity contribution in [2.75, 3.05) is 19.0 Å². The van der Waals surface area contributed by atoms with E-state index in [2.05, 4.69) is 26.3 Å². The lowest BCUT2D eigenvalue weighted by Crippen LogP contribution is -2.28. The number of fused-ring (bicyclic) bond motifs is 5. The Balaban J connectivity index is 1.26.